The van der Waals surface area contributed by atoms with Crippen molar-refractivity contribution in [1.29, 1.82) is 0 Å². The van der Waals surface area contributed by atoms with E-state index in [-0.39, 0.29) is 11.9 Å². The minimum atomic E-state index is -0.0552. The summed E-state index contributed by atoms with van der Waals surface area (Å²) >= 11 is 1.37. The lowest BCUT2D eigenvalue weighted by Crippen LogP contribution is -2.35. The van der Waals surface area contributed by atoms with Crippen LogP contribution in [0.1, 0.15) is 41.2 Å². The first-order chi connectivity index (χ1) is 11.7. The van der Waals surface area contributed by atoms with Crippen molar-refractivity contribution in [1.82, 2.24) is 14.9 Å². The number of aromatic nitrogens is 2. The van der Waals surface area contributed by atoms with Crippen LogP contribution in [0, 0.1) is 0 Å². The lowest BCUT2D eigenvalue weighted by molar-refractivity contribution is 0.0675. The predicted octanol–water partition coefficient (Wildman–Crippen LogP) is 4.16. The first-order valence-electron chi connectivity index (χ1n) is 7.97. The Morgan fingerprint density at radius 3 is 2.83 bits per heavy atom. The molecule has 0 aliphatic heterocycles. The first-order valence-corrected chi connectivity index (χ1v) is 8.79. The molecule has 1 atom stereocenters. The van der Waals surface area contributed by atoms with Crippen LogP contribution in [0.2, 0.25) is 0 Å². The van der Waals surface area contributed by atoms with Gasteiger partial charge in [0.2, 0.25) is 0 Å². The largest absolute Gasteiger partial charge is 0.462 e. The Labute approximate surface area is 144 Å². The Bertz CT molecular complexity index is 825. The number of pyridine rings is 1. The van der Waals surface area contributed by atoms with E-state index >= 15 is 0 Å². The van der Waals surface area contributed by atoms with Crippen molar-refractivity contribution in [3.05, 3.63) is 59.6 Å². The highest BCUT2D eigenvalue weighted by Crippen LogP contribution is 2.36. The molecule has 1 aliphatic rings. The first kappa shape index (κ1) is 15.1. The maximum atomic E-state index is 13.1. The Morgan fingerprint density at radius 1 is 1.29 bits per heavy atom. The average molecular weight is 339 g/mol. The summed E-state index contributed by atoms with van der Waals surface area (Å²) in [7, 11) is 0. The fourth-order valence-electron chi connectivity index (χ4n) is 2.79. The molecule has 1 saturated carbocycles. The van der Waals surface area contributed by atoms with E-state index in [1.807, 2.05) is 42.2 Å². The molecule has 0 radical (unpaired) electrons. The number of carbonyl (C=O) groups is 1. The van der Waals surface area contributed by atoms with E-state index < -0.39 is 0 Å². The second-order valence-electron chi connectivity index (χ2n) is 5.88. The number of rotatable bonds is 5. The molecule has 0 aromatic carbocycles. The predicted molar refractivity (Wildman–Crippen MR) is 91.7 cm³/mol. The van der Waals surface area contributed by atoms with Crippen LogP contribution < -0.4 is 0 Å². The van der Waals surface area contributed by atoms with E-state index in [1.165, 1.54) is 11.3 Å². The van der Waals surface area contributed by atoms with E-state index in [1.54, 1.807) is 18.7 Å². The maximum absolute atomic E-state index is 13.1. The van der Waals surface area contributed by atoms with Crippen molar-refractivity contribution in [2.45, 2.75) is 31.8 Å². The summed E-state index contributed by atoms with van der Waals surface area (Å²) in [5, 5.41) is 0.726. The highest BCUT2D eigenvalue weighted by molar-refractivity contribution is 7.16. The number of amides is 1. The number of nitrogens with zero attached hydrogens (tertiary/aromatic N) is 3. The van der Waals surface area contributed by atoms with Crippen molar-refractivity contribution in [3.63, 3.8) is 0 Å². The summed E-state index contributed by atoms with van der Waals surface area (Å²) in [6.45, 7) is 2.03. The number of thiazole rings is 1. The molecule has 3 heterocycles. The lowest BCUT2D eigenvalue weighted by Gasteiger charge is -2.28. The van der Waals surface area contributed by atoms with Gasteiger partial charge >= 0.3 is 0 Å². The van der Waals surface area contributed by atoms with Crippen LogP contribution in [0.4, 0.5) is 0 Å². The Balaban J connectivity index is 1.61. The van der Waals surface area contributed by atoms with Crippen LogP contribution in [-0.4, -0.2) is 26.8 Å². The fraction of sp³-hybridized carbons (Fsp3) is 0.278. The van der Waals surface area contributed by atoms with Gasteiger partial charge in [0, 0.05) is 12.2 Å². The fourth-order valence-corrected chi connectivity index (χ4v) is 3.62. The van der Waals surface area contributed by atoms with E-state index in [4.69, 9.17) is 4.42 Å². The second-order valence-corrected chi connectivity index (χ2v) is 6.91. The summed E-state index contributed by atoms with van der Waals surface area (Å²) in [5.41, 5.74) is 0.911. The van der Waals surface area contributed by atoms with Crippen molar-refractivity contribution in [2.24, 2.45) is 0 Å². The molecule has 1 fully saturated rings. The van der Waals surface area contributed by atoms with Gasteiger partial charge in [0.15, 0.2) is 10.8 Å². The second kappa shape index (κ2) is 6.20. The zero-order valence-electron chi connectivity index (χ0n) is 13.3. The lowest BCUT2D eigenvalue weighted by atomic mass is 10.1. The number of hydrogen-bond donors (Lipinski definition) is 0. The molecular weight excluding hydrogens is 322 g/mol. The van der Waals surface area contributed by atoms with E-state index in [0.29, 0.717) is 16.7 Å². The van der Waals surface area contributed by atoms with E-state index in [9.17, 15) is 4.79 Å². The summed E-state index contributed by atoms with van der Waals surface area (Å²) in [6, 6.07) is 9.71. The molecule has 0 spiro atoms. The molecule has 3 aromatic heterocycles. The number of furan rings is 1. The topological polar surface area (TPSA) is 59.2 Å². The molecule has 4 rings (SSSR count). The van der Waals surface area contributed by atoms with E-state index in [2.05, 4.69) is 9.97 Å². The van der Waals surface area contributed by atoms with Crippen molar-refractivity contribution < 1.29 is 9.21 Å². The highest BCUT2D eigenvalue weighted by Gasteiger charge is 2.37. The zero-order chi connectivity index (χ0) is 16.5. The summed E-state index contributed by atoms with van der Waals surface area (Å²) in [6.07, 6.45) is 7.12. The van der Waals surface area contributed by atoms with Gasteiger partial charge in [-0.3, -0.25) is 9.78 Å². The minimum Gasteiger partial charge on any atom is -0.462 e. The van der Waals surface area contributed by atoms with Gasteiger partial charge in [-0.25, -0.2) is 4.98 Å². The highest BCUT2D eigenvalue weighted by atomic mass is 32.1. The molecule has 6 heteroatoms. The van der Waals surface area contributed by atoms with Gasteiger partial charge in [-0.05, 0) is 44.0 Å². The molecule has 1 unspecified atom stereocenters. The van der Waals surface area contributed by atoms with Crippen LogP contribution in [-0.2, 0) is 0 Å². The molecule has 5 nitrogen and oxygen atoms in total. The van der Waals surface area contributed by atoms with Crippen molar-refractivity contribution in [2.75, 3.05) is 0 Å². The van der Waals surface area contributed by atoms with Gasteiger partial charge in [-0.1, -0.05) is 6.07 Å². The summed E-state index contributed by atoms with van der Waals surface area (Å²) < 4.78 is 5.36. The van der Waals surface area contributed by atoms with Gasteiger partial charge in [0.05, 0.1) is 24.2 Å². The molecule has 24 heavy (non-hydrogen) atoms. The van der Waals surface area contributed by atoms with Gasteiger partial charge < -0.3 is 9.32 Å². The molecule has 0 N–H and O–H groups in total. The maximum Gasteiger partial charge on any atom is 0.266 e. The number of carbonyl (C=O) groups excluding carboxylic acids is 1. The third-order valence-electron chi connectivity index (χ3n) is 4.16. The van der Waals surface area contributed by atoms with Gasteiger partial charge in [0.1, 0.15) is 4.88 Å². The van der Waals surface area contributed by atoms with Crippen LogP contribution >= 0.6 is 11.3 Å². The number of hydrogen-bond acceptors (Lipinski definition) is 5. The van der Waals surface area contributed by atoms with Gasteiger partial charge in [0.25, 0.3) is 5.91 Å². The molecule has 0 bridgehead atoms. The van der Waals surface area contributed by atoms with Crippen LogP contribution in [0.15, 0.2) is 53.4 Å². The standard InChI is InChI=1S/C18H17N3O2S/c1-12(14-5-2-3-9-19-14)21(13-7-8-13)18(22)16-11-20-17(24-16)15-6-4-10-23-15/h2-6,9-13H,7-8H2,1H3. The summed E-state index contributed by atoms with van der Waals surface area (Å²) in [5.74, 6) is 0.709. The van der Waals surface area contributed by atoms with Crippen molar-refractivity contribution >= 4 is 17.2 Å². The molecule has 1 aliphatic carbocycles. The molecular formula is C18H17N3O2S. The average Bonchev–Trinajstić information content (AvgIpc) is 3.11. The summed E-state index contributed by atoms with van der Waals surface area (Å²) in [4.78, 5) is 24.4. The molecule has 122 valence electrons. The molecule has 3 aromatic rings. The van der Waals surface area contributed by atoms with Crippen molar-refractivity contribution in [3.8, 4) is 10.8 Å². The smallest absolute Gasteiger partial charge is 0.266 e. The van der Waals surface area contributed by atoms with Crippen LogP contribution in [0.3, 0.4) is 0 Å². The molecule has 1 amide bonds. The Hall–Kier alpha value is -2.47. The zero-order valence-corrected chi connectivity index (χ0v) is 14.1. The Kier molecular flexibility index (Phi) is 3.90. The Morgan fingerprint density at radius 2 is 2.17 bits per heavy atom. The van der Waals surface area contributed by atoms with E-state index in [0.717, 1.165) is 23.5 Å². The van der Waals surface area contributed by atoms with Gasteiger partial charge in [-0.15, -0.1) is 11.3 Å². The molecule has 0 saturated heterocycles. The van der Waals surface area contributed by atoms with Crippen LogP contribution in [0.25, 0.3) is 10.8 Å². The SMILES string of the molecule is CC(c1ccccn1)N(C(=O)c1cnc(-c2ccco2)s1)C1CC1. The van der Waals surface area contributed by atoms with Gasteiger partial charge in [-0.2, -0.15) is 0 Å². The quantitative estimate of drug-likeness (QED) is 0.700. The minimum absolute atomic E-state index is 0.0194. The normalized spacial score (nSPS) is 15.2. The third-order valence-corrected chi connectivity index (χ3v) is 5.16. The van der Waals surface area contributed by atoms with Crippen LogP contribution in [0.5, 0.6) is 0 Å². The third kappa shape index (κ3) is 2.85. The monoisotopic (exact) mass is 339 g/mol.